The summed E-state index contributed by atoms with van der Waals surface area (Å²) in [7, 11) is 1.73. The summed E-state index contributed by atoms with van der Waals surface area (Å²) in [5.41, 5.74) is 4.77. The molecule has 0 saturated carbocycles. The molecule has 11 heteroatoms. The first-order valence-corrected chi connectivity index (χ1v) is 11.7. The fourth-order valence-electron chi connectivity index (χ4n) is 4.32. The summed E-state index contributed by atoms with van der Waals surface area (Å²) in [6.07, 6.45) is 4.55. The minimum Gasteiger partial charge on any atom is -0.326 e. The zero-order chi connectivity index (χ0) is 26.1. The predicted octanol–water partition coefficient (Wildman–Crippen LogP) is 4.98. The van der Waals surface area contributed by atoms with E-state index in [1.54, 1.807) is 7.11 Å². The van der Waals surface area contributed by atoms with Gasteiger partial charge in [-0.25, -0.2) is 4.98 Å². The van der Waals surface area contributed by atoms with Gasteiger partial charge in [0.25, 0.3) is 5.91 Å². The first-order chi connectivity index (χ1) is 17.2. The van der Waals surface area contributed by atoms with Crippen LogP contribution in [0.15, 0.2) is 30.5 Å². The maximum Gasteiger partial charge on any atom is 0.446 e. The molecule has 1 aromatic carbocycles. The van der Waals surface area contributed by atoms with Gasteiger partial charge in [0.15, 0.2) is 5.82 Å². The first kappa shape index (κ1) is 27.1. The third kappa shape index (κ3) is 7.50. The number of carbonyl (C=O) groups is 2. The average Bonchev–Trinajstić information content (AvgIpc) is 3.39. The Morgan fingerprint density at radius 1 is 1.31 bits per heavy atom. The molecular formula is C25H28F3N5O3. The first-order valence-electron chi connectivity index (χ1n) is 11.7. The van der Waals surface area contributed by atoms with Crippen molar-refractivity contribution in [1.29, 1.82) is 5.26 Å². The highest BCUT2D eigenvalue weighted by Crippen LogP contribution is 2.36. The molecule has 2 aromatic rings. The number of hydrogen-bond donors (Lipinski definition) is 2. The number of imidazole rings is 1. The Hall–Kier alpha value is -3.49. The number of aromatic amines is 1. The SMILES string of the molecule is CON1CCC(c2ccc(NC(=O)c3ncc(C#N)[nH]3)c(C3=CCCCC3)c2)CC1.O=CC(F)(F)F. The highest BCUT2D eigenvalue weighted by molar-refractivity contribution is 6.03. The number of anilines is 1. The number of nitrogens with one attached hydrogen (secondary N) is 2. The zero-order valence-electron chi connectivity index (χ0n) is 19.9. The van der Waals surface area contributed by atoms with Gasteiger partial charge >= 0.3 is 6.18 Å². The van der Waals surface area contributed by atoms with Gasteiger partial charge in [-0.05, 0) is 67.7 Å². The van der Waals surface area contributed by atoms with Crippen molar-refractivity contribution >= 4 is 23.5 Å². The van der Waals surface area contributed by atoms with Gasteiger partial charge in [-0.1, -0.05) is 12.1 Å². The third-order valence-corrected chi connectivity index (χ3v) is 6.16. The molecule has 4 rings (SSSR count). The van der Waals surface area contributed by atoms with Crippen LogP contribution in [0.25, 0.3) is 5.57 Å². The minimum absolute atomic E-state index is 0.145. The zero-order valence-corrected chi connectivity index (χ0v) is 19.9. The number of alkyl halides is 3. The molecule has 0 unspecified atom stereocenters. The molecule has 1 aromatic heterocycles. The lowest BCUT2D eigenvalue weighted by molar-refractivity contribution is -0.156. The van der Waals surface area contributed by atoms with Crippen LogP contribution in [0.2, 0.25) is 0 Å². The average molecular weight is 504 g/mol. The van der Waals surface area contributed by atoms with Crippen molar-refractivity contribution in [3.8, 4) is 6.07 Å². The van der Waals surface area contributed by atoms with E-state index in [2.05, 4.69) is 33.5 Å². The van der Waals surface area contributed by atoms with Gasteiger partial charge in [-0.2, -0.15) is 23.5 Å². The molecule has 36 heavy (non-hydrogen) atoms. The Balaban J connectivity index is 0.000000538. The van der Waals surface area contributed by atoms with E-state index in [0.29, 0.717) is 5.92 Å². The number of hydroxylamine groups is 2. The molecule has 0 atom stereocenters. The molecule has 0 radical (unpaired) electrons. The standard InChI is InChI=1S/C23H27N5O2.C2HF3O/c1-30-28-11-9-16(10-12-28)18-7-8-21(20(13-18)17-5-3-2-4-6-17)27-23(29)22-25-15-19(14-24)26-22;3-2(4,5)1-6/h5,7-8,13,15-16H,2-4,6,9-12H2,1H3,(H,25,26)(H,27,29);1H. The van der Waals surface area contributed by atoms with E-state index < -0.39 is 12.5 Å². The number of aldehydes is 1. The van der Waals surface area contributed by atoms with E-state index in [0.717, 1.165) is 50.0 Å². The molecule has 2 aliphatic rings. The van der Waals surface area contributed by atoms with Crippen LogP contribution >= 0.6 is 0 Å². The van der Waals surface area contributed by atoms with Crippen LogP contribution in [0.4, 0.5) is 18.9 Å². The van der Waals surface area contributed by atoms with E-state index in [4.69, 9.17) is 14.9 Å². The number of hydrogen-bond acceptors (Lipinski definition) is 6. The molecule has 1 aliphatic carbocycles. The summed E-state index contributed by atoms with van der Waals surface area (Å²) < 4.78 is 31.2. The number of nitrogens with zero attached hydrogens (tertiary/aromatic N) is 3. The minimum atomic E-state index is -4.64. The molecule has 2 heterocycles. The van der Waals surface area contributed by atoms with Gasteiger partial charge < -0.3 is 15.1 Å². The third-order valence-electron chi connectivity index (χ3n) is 6.16. The van der Waals surface area contributed by atoms with Crippen LogP contribution in [-0.2, 0) is 9.63 Å². The van der Waals surface area contributed by atoms with E-state index in [9.17, 15) is 18.0 Å². The van der Waals surface area contributed by atoms with Crippen molar-refractivity contribution in [3.63, 3.8) is 0 Å². The van der Waals surface area contributed by atoms with E-state index in [-0.39, 0.29) is 17.4 Å². The summed E-state index contributed by atoms with van der Waals surface area (Å²) >= 11 is 0. The number of allylic oxidation sites excluding steroid dienone is 2. The largest absolute Gasteiger partial charge is 0.446 e. The fourth-order valence-corrected chi connectivity index (χ4v) is 4.32. The normalized spacial score (nSPS) is 16.8. The molecule has 8 nitrogen and oxygen atoms in total. The number of benzene rings is 1. The van der Waals surface area contributed by atoms with Crippen LogP contribution in [0.3, 0.4) is 0 Å². The highest BCUT2D eigenvalue weighted by atomic mass is 19.4. The van der Waals surface area contributed by atoms with Gasteiger partial charge in [0.1, 0.15) is 11.8 Å². The predicted molar refractivity (Wildman–Crippen MR) is 127 cm³/mol. The van der Waals surface area contributed by atoms with Gasteiger partial charge in [-0.15, -0.1) is 0 Å². The second kappa shape index (κ2) is 12.5. The van der Waals surface area contributed by atoms with Crippen LogP contribution in [-0.4, -0.2) is 53.6 Å². The maximum absolute atomic E-state index is 12.7. The van der Waals surface area contributed by atoms with Gasteiger partial charge in [0.05, 0.1) is 13.3 Å². The fraction of sp³-hybridized carbons (Fsp3) is 0.440. The molecule has 1 amide bonds. The molecule has 2 N–H and O–H groups in total. The maximum atomic E-state index is 12.7. The summed E-state index contributed by atoms with van der Waals surface area (Å²) in [6.45, 7) is 1.86. The van der Waals surface area contributed by atoms with Crippen molar-refractivity contribution in [2.24, 2.45) is 0 Å². The molecule has 1 aliphatic heterocycles. The molecular weight excluding hydrogens is 475 g/mol. The number of aromatic nitrogens is 2. The van der Waals surface area contributed by atoms with Crippen molar-refractivity contribution < 1.29 is 27.6 Å². The van der Waals surface area contributed by atoms with Crippen LogP contribution in [0.1, 0.15) is 71.9 Å². The summed E-state index contributed by atoms with van der Waals surface area (Å²) in [4.78, 5) is 33.5. The Bertz CT molecular complexity index is 1130. The number of halogens is 3. The summed E-state index contributed by atoms with van der Waals surface area (Å²) in [5, 5.41) is 14.0. The Kier molecular flexibility index (Phi) is 9.38. The molecule has 0 spiro atoms. The van der Waals surface area contributed by atoms with Crippen molar-refractivity contribution in [3.05, 3.63) is 53.1 Å². The Labute approximate surface area is 207 Å². The lowest BCUT2D eigenvalue weighted by Gasteiger charge is -2.30. The smallest absolute Gasteiger partial charge is 0.326 e. The number of carbonyl (C=O) groups excluding carboxylic acids is 2. The molecule has 1 saturated heterocycles. The lowest BCUT2D eigenvalue weighted by atomic mass is 9.86. The van der Waals surface area contributed by atoms with E-state index >= 15 is 0 Å². The number of amides is 1. The van der Waals surface area contributed by atoms with Gasteiger partial charge in [-0.3, -0.25) is 9.59 Å². The van der Waals surface area contributed by atoms with Crippen molar-refractivity contribution in [2.45, 2.75) is 50.6 Å². The number of piperidine rings is 1. The highest BCUT2D eigenvalue weighted by Gasteiger charge is 2.25. The second-order valence-electron chi connectivity index (χ2n) is 8.54. The summed E-state index contributed by atoms with van der Waals surface area (Å²) in [6, 6.07) is 8.35. The van der Waals surface area contributed by atoms with Crippen molar-refractivity contribution in [1.82, 2.24) is 15.0 Å². The van der Waals surface area contributed by atoms with Crippen LogP contribution in [0, 0.1) is 11.3 Å². The van der Waals surface area contributed by atoms with Gasteiger partial charge in [0.2, 0.25) is 6.29 Å². The lowest BCUT2D eigenvalue weighted by Crippen LogP contribution is -2.31. The second-order valence-corrected chi connectivity index (χ2v) is 8.54. The summed E-state index contributed by atoms with van der Waals surface area (Å²) in [5.74, 6) is 0.300. The van der Waals surface area contributed by atoms with E-state index in [1.807, 2.05) is 17.2 Å². The van der Waals surface area contributed by atoms with Crippen molar-refractivity contribution in [2.75, 3.05) is 25.5 Å². The Morgan fingerprint density at radius 3 is 2.58 bits per heavy atom. The molecule has 0 bridgehead atoms. The Morgan fingerprint density at radius 2 is 2.03 bits per heavy atom. The van der Waals surface area contributed by atoms with Crippen LogP contribution < -0.4 is 5.32 Å². The monoisotopic (exact) mass is 503 g/mol. The molecule has 192 valence electrons. The van der Waals surface area contributed by atoms with Gasteiger partial charge in [0, 0.05) is 24.3 Å². The van der Waals surface area contributed by atoms with Crippen LogP contribution in [0.5, 0.6) is 0 Å². The number of nitriles is 1. The van der Waals surface area contributed by atoms with E-state index in [1.165, 1.54) is 30.2 Å². The molecule has 1 fully saturated rings. The number of rotatable bonds is 5. The quantitative estimate of drug-likeness (QED) is 0.557. The topological polar surface area (TPSA) is 111 Å². The number of H-pyrrole nitrogens is 1.